The average molecular weight is 767 g/mol. The van der Waals surface area contributed by atoms with Gasteiger partial charge in [-0.15, -0.1) is 9.75 Å². The second-order valence-electron chi connectivity index (χ2n) is 12.8. The number of halogens is 2. The fourth-order valence-corrected chi connectivity index (χ4v) is 4.56. The van der Waals surface area contributed by atoms with Crippen molar-refractivity contribution in [2.75, 3.05) is 13.2 Å². The summed E-state index contributed by atoms with van der Waals surface area (Å²) in [5.74, 6) is -2.78. The molecular weight excluding hydrogens is 726 g/mol. The minimum atomic E-state index is -1.51. The van der Waals surface area contributed by atoms with Gasteiger partial charge in [0.1, 0.15) is 29.4 Å². The summed E-state index contributed by atoms with van der Waals surface area (Å²) in [5.41, 5.74) is -0.240. The maximum atomic E-state index is 15.3. The first-order chi connectivity index (χ1) is 21.5. The molecule has 3 amide bonds. The quantitative estimate of drug-likeness (QED) is 0.102. The lowest BCUT2D eigenvalue weighted by atomic mass is 10.1. The van der Waals surface area contributed by atoms with Crippen molar-refractivity contribution >= 4 is 23.9 Å². The van der Waals surface area contributed by atoms with Crippen LogP contribution in [0.2, 0.25) is 0 Å². The molecule has 0 saturated carbocycles. The Bertz CT molecular complexity index is 1590. The fourth-order valence-electron chi connectivity index (χ4n) is 4.56. The maximum absolute atomic E-state index is 15.3. The van der Waals surface area contributed by atoms with Crippen LogP contribution in [0.15, 0.2) is 54.9 Å². The fraction of sp³-hybridized carbons (Fsp3) is 0.424. The van der Waals surface area contributed by atoms with E-state index in [0.717, 1.165) is 0 Å². The molecule has 47 heavy (non-hydrogen) atoms. The van der Waals surface area contributed by atoms with Crippen molar-refractivity contribution in [2.24, 2.45) is 7.05 Å². The highest BCUT2D eigenvalue weighted by molar-refractivity contribution is 6.20. The lowest BCUT2D eigenvalue weighted by molar-refractivity contribution is -0.753. The molecule has 1 aromatic heterocycles. The third-order valence-corrected chi connectivity index (χ3v) is 6.56. The van der Waals surface area contributed by atoms with E-state index in [4.69, 9.17) is 19.0 Å². The number of carbonyl (C=O) groups excluding carboxylic acids is 4. The summed E-state index contributed by atoms with van der Waals surface area (Å²) < 4.78 is 35.4. The molecule has 0 radical (unpaired) electrons. The molecule has 12 nitrogen and oxygen atoms in total. The number of hydroxylamine groups is 2. The van der Waals surface area contributed by atoms with Gasteiger partial charge in [-0.2, -0.15) is 4.68 Å². The molecule has 0 aliphatic carbocycles. The molecule has 0 bridgehead atoms. The van der Waals surface area contributed by atoms with Crippen molar-refractivity contribution in [1.82, 2.24) is 15.1 Å². The van der Waals surface area contributed by atoms with Gasteiger partial charge in [0.25, 0.3) is 11.8 Å². The Morgan fingerprint density at radius 1 is 0.936 bits per heavy atom. The van der Waals surface area contributed by atoms with Gasteiger partial charge in [0.2, 0.25) is 12.3 Å². The summed E-state index contributed by atoms with van der Waals surface area (Å²) >= 11 is 0. The van der Waals surface area contributed by atoms with Crippen LogP contribution in [-0.4, -0.2) is 64.1 Å². The lowest BCUT2D eigenvalue weighted by Gasteiger charge is -2.26. The molecule has 254 valence electrons. The Kier molecular flexibility index (Phi) is 12.1. The van der Waals surface area contributed by atoms with Crippen LogP contribution in [0.25, 0.3) is 11.1 Å². The first-order valence-corrected chi connectivity index (χ1v) is 14.9. The van der Waals surface area contributed by atoms with Crippen LogP contribution >= 0.6 is 0 Å². The molecule has 2 aromatic carbocycles. The Balaban J connectivity index is 0.00000600. The van der Waals surface area contributed by atoms with Crippen LogP contribution in [0.3, 0.4) is 0 Å². The Hall–Kier alpha value is -4.05. The Morgan fingerprint density at radius 2 is 1.55 bits per heavy atom. The summed E-state index contributed by atoms with van der Waals surface area (Å²) in [5, 5.41) is 3.24. The Labute approximate surface area is 290 Å². The lowest BCUT2D eigenvalue weighted by Crippen LogP contribution is -3.00. The molecule has 0 spiro atoms. The van der Waals surface area contributed by atoms with Gasteiger partial charge in [0.15, 0.2) is 7.05 Å². The third kappa shape index (κ3) is 9.97. The molecule has 0 saturated heterocycles. The minimum absolute atomic E-state index is 0. The molecule has 14 heteroatoms. The van der Waals surface area contributed by atoms with Crippen LogP contribution in [-0.2, 0) is 32.7 Å². The number of amides is 3. The van der Waals surface area contributed by atoms with Gasteiger partial charge in [0.05, 0.1) is 29.4 Å². The van der Waals surface area contributed by atoms with Crippen molar-refractivity contribution < 1.29 is 71.3 Å². The van der Waals surface area contributed by atoms with E-state index in [0.29, 0.717) is 35.7 Å². The molecule has 2 heterocycles. The van der Waals surface area contributed by atoms with Crippen molar-refractivity contribution in [2.45, 2.75) is 71.8 Å². The van der Waals surface area contributed by atoms with Gasteiger partial charge in [-0.3, -0.25) is 9.59 Å². The number of aryl methyl sites for hydroxylation is 2. The van der Waals surface area contributed by atoms with Crippen molar-refractivity contribution in [3.63, 3.8) is 0 Å². The molecule has 0 fully saturated rings. The molecule has 1 aliphatic rings. The number of alkyl carbamates (subject to hydrolysis) is 1. The van der Waals surface area contributed by atoms with Crippen LogP contribution in [0.5, 0.6) is 5.75 Å². The van der Waals surface area contributed by atoms with E-state index < -0.39 is 53.6 Å². The zero-order chi connectivity index (χ0) is 33.8. The predicted octanol–water partition coefficient (Wildman–Crippen LogP) is 1.35. The number of esters is 1. The van der Waals surface area contributed by atoms with Crippen LogP contribution in [0.1, 0.15) is 68.7 Å². The molecule has 0 unspecified atom stereocenters. The number of carbonyl (C=O) groups is 4. The number of nitrogens with one attached hydrogen (secondary N) is 1. The normalized spacial score (nSPS) is 13.5. The summed E-state index contributed by atoms with van der Waals surface area (Å²) in [7, 11) is 1.82. The third-order valence-electron chi connectivity index (χ3n) is 6.56. The highest BCUT2D eigenvalue weighted by atomic mass is 127. The molecular formula is C33H40FIN4O8. The van der Waals surface area contributed by atoms with E-state index in [1.807, 2.05) is 16.4 Å². The number of hydrogen-bond donors (Lipinski definition) is 1. The van der Waals surface area contributed by atoms with E-state index in [1.54, 1.807) is 72.1 Å². The van der Waals surface area contributed by atoms with Gasteiger partial charge in [-0.05, 0) is 72.2 Å². The van der Waals surface area contributed by atoms with Gasteiger partial charge >= 0.3 is 12.1 Å². The number of ether oxygens (including phenoxy) is 3. The summed E-state index contributed by atoms with van der Waals surface area (Å²) in [6.45, 7) is 10.9. The average Bonchev–Trinajstić information content (AvgIpc) is 3.43. The van der Waals surface area contributed by atoms with E-state index in [2.05, 4.69) is 5.32 Å². The maximum Gasteiger partial charge on any atom is 0.407 e. The molecule has 4 rings (SSSR count). The molecule has 1 atom stereocenters. The number of imide groups is 1. The van der Waals surface area contributed by atoms with Crippen LogP contribution < -0.4 is 38.7 Å². The second-order valence-corrected chi connectivity index (χ2v) is 12.8. The van der Waals surface area contributed by atoms with Crippen LogP contribution in [0.4, 0.5) is 9.18 Å². The highest BCUT2D eigenvalue weighted by Gasteiger charge is 2.40. The first-order valence-electron chi connectivity index (χ1n) is 14.9. The number of rotatable bonds is 11. The minimum Gasteiger partial charge on any atom is -1.00 e. The van der Waals surface area contributed by atoms with Gasteiger partial charge in [-0.1, -0.05) is 12.1 Å². The zero-order valence-electron chi connectivity index (χ0n) is 27.5. The first kappa shape index (κ1) is 37.4. The van der Waals surface area contributed by atoms with Crippen molar-refractivity contribution in [1.29, 1.82) is 0 Å². The van der Waals surface area contributed by atoms with E-state index in [9.17, 15) is 19.2 Å². The molecule has 1 N–H and O–H groups in total. The summed E-state index contributed by atoms with van der Waals surface area (Å²) in [6, 6.07) is 10.5. The number of fused-ring (bicyclic) bond motifs is 1. The molecule has 3 aromatic rings. The number of nitrogens with zero attached hydrogens (tertiary/aromatic N) is 3. The summed E-state index contributed by atoms with van der Waals surface area (Å²) in [6.07, 6.45) is 2.19. The smallest absolute Gasteiger partial charge is 0.407 e. The van der Waals surface area contributed by atoms with Crippen molar-refractivity contribution in [3.8, 4) is 16.9 Å². The molecule has 1 aliphatic heterocycles. The second kappa shape index (κ2) is 15.2. The number of hydrogen-bond acceptors (Lipinski definition) is 8. The largest absolute Gasteiger partial charge is 1.00 e. The number of aromatic nitrogens is 2. The highest BCUT2D eigenvalue weighted by Crippen LogP contribution is 2.27. The van der Waals surface area contributed by atoms with Gasteiger partial charge in [0, 0.05) is 18.2 Å². The topological polar surface area (TPSA) is 129 Å². The van der Waals surface area contributed by atoms with Crippen LogP contribution in [0, 0.1) is 5.82 Å². The monoisotopic (exact) mass is 766 g/mol. The zero-order valence-corrected chi connectivity index (χ0v) is 29.6. The summed E-state index contributed by atoms with van der Waals surface area (Å²) in [4.78, 5) is 56.1. The van der Waals surface area contributed by atoms with Gasteiger partial charge < -0.3 is 43.5 Å². The number of benzene rings is 2. The SMILES string of the molecule is C[n+]1cc(-c2ccc(OC[C@H](ON3C(=O)c4ccccc4C3=O)C(=O)OC(C)(C)C)cc2F)cn1CCCNC(=O)OC(C)(C)C.[I-]. The van der Waals surface area contributed by atoms with Crippen molar-refractivity contribution in [3.05, 3.63) is 71.8 Å². The van der Waals surface area contributed by atoms with E-state index in [1.165, 1.54) is 24.3 Å². The predicted molar refractivity (Wildman–Crippen MR) is 163 cm³/mol. The van der Waals surface area contributed by atoms with E-state index >= 15 is 4.39 Å². The Morgan fingerprint density at radius 3 is 2.13 bits per heavy atom. The van der Waals surface area contributed by atoms with Gasteiger partial charge in [-0.25, -0.2) is 18.8 Å². The standard InChI is InChI=1S/C33H39FN4O8.HI/c1-32(2,3)44-30(41)27(46-38-28(39)24-11-8-9-12-25(24)29(38)40)20-43-22-13-14-23(26(34)17-22)21-18-36(7)37(19-21)16-10-15-35-31(42)45-33(4,5)6;/h8-9,11-14,17-19,27H,10,15-16,20H2,1-7H3;1H/t27-;/m0./s1. The van der Waals surface area contributed by atoms with E-state index in [-0.39, 0.29) is 40.9 Å².